The summed E-state index contributed by atoms with van der Waals surface area (Å²) in [6.45, 7) is 3.76. The SMILES string of the molecule is CCCCN(CC1(C(=O)O)CCCCC1)c1ccccc1. The molecule has 1 aliphatic carbocycles. The van der Waals surface area contributed by atoms with Gasteiger partial charge in [0.1, 0.15) is 0 Å². The van der Waals surface area contributed by atoms with E-state index in [9.17, 15) is 9.90 Å². The highest BCUT2D eigenvalue weighted by atomic mass is 16.4. The maximum atomic E-state index is 11.9. The van der Waals surface area contributed by atoms with Crippen LogP contribution in [-0.4, -0.2) is 24.2 Å². The predicted octanol–water partition coefficient (Wildman–Crippen LogP) is 4.33. The largest absolute Gasteiger partial charge is 0.481 e. The molecule has 2 rings (SSSR count). The van der Waals surface area contributed by atoms with Gasteiger partial charge >= 0.3 is 5.97 Å². The quantitative estimate of drug-likeness (QED) is 0.812. The van der Waals surface area contributed by atoms with Crippen molar-refractivity contribution in [2.24, 2.45) is 5.41 Å². The van der Waals surface area contributed by atoms with Gasteiger partial charge in [0, 0.05) is 18.8 Å². The Balaban J connectivity index is 2.18. The number of hydrogen-bond acceptors (Lipinski definition) is 2. The summed E-state index contributed by atoms with van der Waals surface area (Å²) in [5, 5.41) is 9.78. The second-order valence-corrected chi connectivity index (χ2v) is 6.26. The number of rotatable bonds is 7. The first-order valence-electron chi connectivity index (χ1n) is 8.21. The van der Waals surface area contributed by atoms with E-state index in [0.717, 1.165) is 50.8 Å². The first-order chi connectivity index (χ1) is 10.2. The molecular weight excluding hydrogens is 262 g/mol. The highest BCUT2D eigenvalue weighted by Crippen LogP contribution is 2.38. The summed E-state index contributed by atoms with van der Waals surface area (Å²) in [4.78, 5) is 14.2. The standard InChI is InChI=1S/C18H27NO2/c1-2-3-14-19(16-10-6-4-7-11-16)15-18(17(20)21)12-8-5-9-13-18/h4,6-7,10-11H,2-3,5,8-9,12-15H2,1H3,(H,20,21). The monoisotopic (exact) mass is 289 g/mol. The van der Waals surface area contributed by atoms with Crippen LogP contribution in [0.15, 0.2) is 30.3 Å². The molecule has 0 saturated heterocycles. The molecular formula is C18H27NO2. The number of carbonyl (C=O) groups is 1. The van der Waals surface area contributed by atoms with Crippen LogP contribution in [0, 0.1) is 5.41 Å². The van der Waals surface area contributed by atoms with E-state index in [4.69, 9.17) is 0 Å². The molecule has 1 saturated carbocycles. The molecule has 1 N–H and O–H groups in total. The molecule has 21 heavy (non-hydrogen) atoms. The Morgan fingerprint density at radius 3 is 2.43 bits per heavy atom. The van der Waals surface area contributed by atoms with Crippen LogP contribution < -0.4 is 4.90 Å². The van der Waals surface area contributed by atoms with E-state index < -0.39 is 11.4 Å². The smallest absolute Gasteiger partial charge is 0.311 e. The second-order valence-electron chi connectivity index (χ2n) is 6.26. The molecule has 0 bridgehead atoms. The molecule has 0 atom stereocenters. The maximum Gasteiger partial charge on any atom is 0.311 e. The lowest BCUT2D eigenvalue weighted by Crippen LogP contribution is -2.45. The zero-order valence-corrected chi connectivity index (χ0v) is 13.1. The Morgan fingerprint density at radius 2 is 1.86 bits per heavy atom. The van der Waals surface area contributed by atoms with Crippen molar-refractivity contribution < 1.29 is 9.90 Å². The van der Waals surface area contributed by atoms with Gasteiger partial charge in [0.05, 0.1) is 5.41 Å². The topological polar surface area (TPSA) is 40.5 Å². The molecule has 3 heteroatoms. The zero-order valence-electron chi connectivity index (χ0n) is 13.1. The lowest BCUT2D eigenvalue weighted by Gasteiger charge is -2.38. The summed E-state index contributed by atoms with van der Waals surface area (Å²) in [5.41, 5.74) is 0.596. The van der Waals surface area contributed by atoms with Crippen molar-refractivity contribution in [1.82, 2.24) is 0 Å². The van der Waals surface area contributed by atoms with Crippen molar-refractivity contribution in [3.63, 3.8) is 0 Å². The number of unbranched alkanes of at least 4 members (excludes halogenated alkanes) is 1. The molecule has 1 aliphatic rings. The fourth-order valence-corrected chi connectivity index (χ4v) is 3.32. The van der Waals surface area contributed by atoms with Crippen LogP contribution in [0.2, 0.25) is 0 Å². The van der Waals surface area contributed by atoms with Gasteiger partial charge in [-0.2, -0.15) is 0 Å². The Labute approximate surface area is 128 Å². The molecule has 1 aromatic rings. The minimum absolute atomic E-state index is 0.554. The van der Waals surface area contributed by atoms with Crippen molar-refractivity contribution >= 4 is 11.7 Å². The van der Waals surface area contributed by atoms with Gasteiger partial charge in [0.25, 0.3) is 0 Å². The number of carboxylic acids is 1. The Morgan fingerprint density at radius 1 is 1.19 bits per heavy atom. The maximum absolute atomic E-state index is 11.9. The Hall–Kier alpha value is -1.51. The third-order valence-corrected chi connectivity index (χ3v) is 4.66. The molecule has 0 aliphatic heterocycles. The molecule has 0 spiro atoms. The highest BCUT2D eigenvalue weighted by molar-refractivity contribution is 5.76. The molecule has 0 radical (unpaired) electrons. The Kier molecular flexibility index (Phi) is 5.66. The van der Waals surface area contributed by atoms with E-state index in [2.05, 4.69) is 24.0 Å². The van der Waals surface area contributed by atoms with Crippen LogP contribution in [0.3, 0.4) is 0 Å². The van der Waals surface area contributed by atoms with E-state index in [1.165, 1.54) is 6.42 Å². The molecule has 0 heterocycles. The van der Waals surface area contributed by atoms with Gasteiger partial charge in [0.15, 0.2) is 0 Å². The molecule has 1 fully saturated rings. The summed E-state index contributed by atoms with van der Waals surface area (Å²) >= 11 is 0. The lowest BCUT2D eigenvalue weighted by molar-refractivity contribution is -0.150. The van der Waals surface area contributed by atoms with Crippen molar-refractivity contribution in [1.29, 1.82) is 0 Å². The van der Waals surface area contributed by atoms with Crippen LogP contribution in [0.1, 0.15) is 51.9 Å². The predicted molar refractivity (Wildman–Crippen MR) is 86.7 cm³/mol. The molecule has 1 aromatic carbocycles. The van der Waals surface area contributed by atoms with Crippen molar-refractivity contribution in [2.45, 2.75) is 51.9 Å². The third-order valence-electron chi connectivity index (χ3n) is 4.66. The van der Waals surface area contributed by atoms with Gasteiger partial charge in [-0.25, -0.2) is 0 Å². The van der Waals surface area contributed by atoms with E-state index in [1.54, 1.807) is 0 Å². The average molecular weight is 289 g/mol. The first kappa shape index (κ1) is 15.9. The lowest BCUT2D eigenvalue weighted by atomic mass is 9.73. The number of benzene rings is 1. The van der Waals surface area contributed by atoms with E-state index in [-0.39, 0.29) is 0 Å². The fraction of sp³-hybridized carbons (Fsp3) is 0.611. The number of anilines is 1. The molecule has 0 amide bonds. The van der Waals surface area contributed by atoms with Crippen molar-refractivity contribution in [2.75, 3.05) is 18.0 Å². The molecule has 0 unspecified atom stereocenters. The minimum Gasteiger partial charge on any atom is -0.481 e. The van der Waals surface area contributed by atoms with Crippen molar-refractivity contribution in [3.8, 4) is 0 Å². The van der Waals surface area contributed by atoms with Crippen LogP contribution in [0.25, 0.3) is 0 Å². The third kappa shape index (κ3) is 3.99. The summed E-state index contributed by atoms with van der Waals surface area (Å²) in [7, 11) is 0. The molecule has 3 nitrogen and oxygen atoms in total. The summed E-state index contributed by atoms with van der Waals surface area (Å²) in [5.74, 6) is -0.611. The van der Waals surface area contributed by atoms with Gasteiger partial charge in [-0.1, -0.05) is 50.8 Å². The van der Waals surface area contributed by atoms with Gasteiger partial charge in [-0.15, -0.1) is 0 Å². The van der Waals surface area contributed by atoms with Gasteiger partial charge in [-0.3, -0.25) is 4.79 Å². The zero-order chi connectivity index (χ0) is 15.1. The van der Waals surface area contributed by atoms with E-state index in [0.29, 0.717) is 6.54 Å². The van der Waals surface area contributed by atoms with Gasteiger partial charge in [-0.05, 0) is 31.4 Å². The second kappa shape index (κ2) is 7.48. The van der Waals surface area contributed by atoms with Crippen LogP contribution in [0.5, 0.6) is 0 Å². The number of carboxylic acid groups (broad SMARTS) is 1. The fourth-order valence-electron chi connectivity index (χ4n) is 3.32. The number of aliphatic carboxylic acids is 1. The van der Waals surface area contributed by atoms with Gasteiger partial charge in [0.2, 0.25) is 0 Å². The number of para-hydroxylation sites is 1. The summed E-state index contributed by atoms with van der Waals surface area (Å²) in [6, 6.07) is 10.3. The molecule has 0 aromatic heterocycles. The van der Waals surface area contributed by atoms with Gasteiger partial charge < -0.3 is 10.0 Å². The van der Waals surface area contributed by atoms with E-state index >= 15 is 0 Å². The van der Waals surface area contributed by atoms with Crippen LogP contribution in [0.4, 0.5) is 5.69 Å². The summed E-state index contributed by atoms with van der Waals surface area (Å²) < 4.78 is 0. The number of nitrogens with zero attached hydrogens (tertiary/aromatic N) is 1. The highest BCUT2D eigenvalue weighted by Gasteiger charge is 2.41. The number of hydrogen-bond donors (Lipinski definition) is 1. The van der Waals surface area contributed by atoms with Crippen molar-refractivity contribution in [3.05, 3.63) is 30.3 Å². The minimum atomic E-state index is -0.611. The first-order valence-corrected chi connectivity index (χ1v) is 8.21. The summed E-state index contributed by atoms with van der Waals surface area (Å²) in [6.07, 6.45) is 7.13. The Bertz CT molecular complexity index is 438. The average Bonchev–Trinajstić information content (AvgIpc) is 2.53. The van der Waals surface area contributed by atoms with Crippen LogP contribution in [-0.2, 0) is 4.79 Å². The van der Waals surface area contributed by atoms with E-state index in [1.807, 2.05) is 18.2 Å². The molecule has 116 valence electrons. The van der Waals surface area contributed by atoms with Crippen LogP contribution >= 0.6 is 0 Å². The normalized spacial score (nSPS) is 17.4.